The molecule has 1 N–H and O–H groups in total. The molecule has 20 heavy (non-hydrogen) atoms. The van der Waals surface area contributed by atoms with Gasteiger partial charge in [-0.2, -0.15) is 0 Å². The Hall–Kier alpha value is -1.82. The van der Waals surface area contributed by atoms with E-state index in [0.29, 0.717) is 5.56 Å². The van der Waals surface area contributed by atoms with Crippen molar-refractivity contribution < 1.29 is 18.0 Å². The first-order valence-corrected chi connectivity index (χ1v) is 6.40. The predicted molar refractivity (Wildman–Crippen MR) is 73.1 cm³/mol. The van der Waals surface area contributed by atoms with E-state index < -0.39 is 28.9 Å². The Morgan fingerprint density at radius 3 is 2.30 bits per heavy atom. The molecule has 0 saturated heterocycles. The number of hydrogen-bond donors (Lipinski definition) is 1. The van der Waals surface area contributed by atoms with Crippen molar-refractivity contribution in [2.75, 3.05) is 5.32 Å². The minimum absolute atomic E-state index is 0.146. The molecule has 0 fully saturated rings. The van der Waals surface area contributed by atoms with Crippen molar-refractivity contribution in [3.05, 3.63) is 63.4 Å². The van der Waals surface area contributed by atoms with Gasteiger partial charge in [0.2, 0.25) is 0 Å². The lowest BCUT2D eigenvalue weighted by Gasteiger charge is -2.10. The molecule has 0 atom stereocenters. The fourth-order valence-electron chi connectivity index (χ4n) is 1.68. The second kappa shape index (κ2) is 5.66. The third kappa shape index (κ3) is 2.85. The summed E-state index contributed by atoms with van der Waals surface area (Å²) in [4.78, 5) is 11.9. The molecule has 2 rings (SSSR count). The number of nitrogens with one attached hydrogen (secondary N) is 1. The van der Waals surface area contributed by atoms with Crippen molar-refractivity contribution >= 4 is 27.5 Å². The van der Waals surface area contributed by atoms with Crippen molar-refractivity contribution in [3.63, 3.8) is 0 Å². The van der Waals surface area contributed by atoms with Gasteiger partial charge in [0.15, 0.2) is 0 Å². The molecule has 6 heteroatoms. The van der Waals surface area contributed by atoms with Gasteiger partial charge in [-0.3, -0.25) is 4.79 Å². The lowest BCUT2D eigenvalue weighted by molar-refractivity contribution is 0.101. The number of halogens is 4. The summed E-state index contributed by atoms with van der Waals surface area (Å²) >= 11 is 2.98. The van der Waals surface area contributed by atoms with Crippen LogP contribution in [0, 0.1) is 24.4 Å². The summed E-state index contributed by atoms with van der Waals surface area (Å²) in [6.45, 7) is 1.57. The van der Waals surface area contributed by atoms with E-state index in [1.54, 1.807) is 6.92 Å². The highest BCUT2D eigenvalue weighted by molar-refractivity contribution is 9.10. The van der Waals surface area contributed by atoms with E-state index in [9.17, 15) is 18.0 Å². The van der Waals surface area contributed by atoms with Crippen LogP contribution in [0.2, 0.25) is 0 Å². The molecular weight excluding hydrogens is 335 g/mol. The topological polar surface area (TPSA) is 29.1 Å². The Morgan fingerprint density at radius 1 is 1.10 bits per heavy atom. The quantitative estimate of drug-likeness (QED) is 0.858. The molecule has 0 aliphatic heterocycles. The molecule has 0 bridgehead atoms. The van der Waals surface area contributed by atoms with Crippen LogP contribution in [0.15, 0.2) is 34.8 Å². The maximum absolute atomic E-state index is 13.5. The highest BCUT2D eigenvalue weighted by Crippen LogP contribution is 2.25. The second-order valence-corrected chi connectivity index (χ2v) is 4.99. The normalized spacial score (nSPS) is 10.4. The van der Waals surface area contributed by atoms with E-state index in [2.05, 4.69) is 21.2 Å². The SMILES string of the molecule is Cc1cc(F)c(Br)cc1NC(=O)c1c(F)cccc1F. The molecule has 0 saturated carbocycles. The summed E-state index contributed by atoms with van der Waals surface area (Å²) in [7, 11) is 0. The zero-order valence-corrected chi connectivity index (χ0v) is 11.9. The van der Waals surface area contributed by atoms with E-state index in [4.69, 9.17) is 0 Å². The number of carbonyl (C=O) groups is 1. The van der Waals surface area contributed by atoms with Gasteiger partial charge in [0, 0.05) is 5.69 Å². The van der Waals surface area contributed by atoms with Crippen molar-refractivity contribution in [2.24, 2.45) is 0 Å². The van der Waals surface area contributed by atoms with E-state index >= 15 is 0 Å². The maximum atomic E-state index is 13.5. The third-order valence-electron chi connectivity index (χ3n) is 2.71. The summed E-state index contributed by atoms with van der Waals surface area (Å²) in [5, 5.41) is 2.36. The Kier molecular flexibility index (Phi) is 4.13. The van der Waals surface area contributed by atoms with E-state index in [0.717, 1.165) is 12.1 Å². The average Bonchev–Trinajstić information content (AvgIpc) is 2.35. The Bertz CT molecular complexity index is 668. The third-order valence-corrected chi connectivity index (χ3v) is 3.31. The zero-order chi connectivity index (χ0) is 14.9. The molecule has 0 aliphatic rings. The van der Waals surface area contributed by atoms with Crippen LogP contribution >= 0.6 is 15.9 Å². The molecule has 2 nitrogen and oxygen atoms in total. The van der Waals surface area contributed by atoms with Crippen molar-refractivity contribution in [1.82, 2.24) is 0 Å². The van der Waals surface area contributed by atoms with E-state index in [1.807, 2.05) is 0 Å². The van der Waals surface area contributed by atoms with Crippen LogP contribution in [-0.2, 0) is 0 Å². The molecule has 0 radical (unpaired) electrons. The lowest BCUT2D eigenvalue weighted by atomic mass is 10.1. The number of aryl methyl sites for hydroxylation is 1. The second-order valence-electron chi connectivity index (χ2n) is 4.13. The highest BCUT2D eigenvalue weighted by Gasteiger charge is 2.18. The van der Waals surface area contributed by atoms with Gasteiger partial charge < -0.3 is 5.32 Å². The molecule has 0 aromatic heterocycles. The summed E-state index contributed by atoms with van der Waals surface area (Å²) in [5.41, 5.74) is 0.0362. The number of rotatable bonds is 2. The fraction of sp³-hybridized carbons (Fsp3) is 0.0714. The van der Waals surface area contributed by atoms with Gasteiger partial charge in [0.25, 0.3) is 5.91 Å². The van der Waals surface area contributed by atoms with Crippen molar-refractivity contribution in [1.29, 1.82) is 0 Å². The molecular formula is C14H9BrF3NO. The number of hydrogen-bond acceptors (Lipinski definition) is 1. The van der Waals surface area contributed by atoms with Crippen LogP contribution in [0.25, 0.3) is 0 Å². The van der Waals surface area contributed by atoms with E-state index in [-0.39, 0.29) is 10.2 Å². The van der Waals surface area contributed by atoms with Crippen molar-refractivity contribution in [2.45, 2.75) is 6.92 Å². The minimum atomic E-state index is -0.957. The van der Waals surface area contributed by atoms with Gasteiger partial charge in [-0.25, -0.2) is 13.2 Å². The smallest absolute Gasteiger partial charge is 0.261 e. The largest absolute Gasteiger partial charge is 0.322 e. The number of amides is 1. The Morgan fingerprint density at radius 2 is 1.70 bits per heavy atom. The molecule has 0 unspecified atom stereocenters. The number of anilines is 1. The van der Waals surface area contributed by atoms with Gasteiger partial charge in [0.1, 0.15) is 23.0 Å². The molecule has 2 aromatic carbocycles. The first-order chi connectivity index (χ1) is 9.40. The standard InChI is InChI=1S/C14H9BrF3NO/c1-7-5-11(18)8(15)6-12(7)19-14(20)13-9(16)3-2-4-10(13)17/h2-6H,1H3,(H,19,20). The van der Waals surface area contributed by atoms with Crippen LogP contribution in [0.5, 0.6) is 0 Å². The summed E-state index contributed by atoms with van der Waals surface area (Å²) < 4.78 is 40.4. The number of benzene rings is 2. The fourth-order valence-corrected chi connectivity index (χ4v) is 2.02. The van der Waals surface area contributed by atoms with Gasteiger partial charge in [-0.05, 0) is 52.7 Å². The molecule has 0 aliphatic carbocycles. The van der Waals surface area contributed by atoms with Crippen LogP contribution < -0.4 is 5.32 Å². The van der Waals surface area contributed by atoms with Gasteiger partial charge in [-0.15, -0.1) is 0 Å². The van der Waals surface area contributed by atoms with Crippen LogP contribution in [0.1, 0.15) is 15.9 Å². The van der Waals surface area contributed by atoms with Crippen molar-refractivity contribution in [3.8, 4) is 0 Å². The predicted octanol–water partition coefficient (Wildman–Crippen LogP) is 4.43. The minimum Gasteiger partial charge on any atom is -0.322 e. The van der Waals surface area contributed by atoms with Gasteiger partial charge in [0.05, 0.1) is 4.47 Å². The van der Waals surface area contributed by atoms with Crippen LogP contribution in [0.3, 0.4) is 0 Å². The summed E-state index contributed by atoms with van der Waals surface area (Å²) in [5.74, 6) is -3.33. The lowest BCUT2D eigenvalue weighted by Crippen LogP contribution is -2.16. The van der Waals surface area contributed by atoms with Crippen LogP contribution in [-0.4, -0.2) is 5.91 Å². The van der Waals surface area contributed by atoms with Gasteiger partial charge in [-0.1, -0.05) is 6.07 Å². The molecule has 0 heterocycles. The Balaban J connectivity index is 2.35. The van der Waals surface area contributed by atoms with Crippen LogP contribution in [0.4, 0.5) is 18.9 Å². The number of carbonyl (C=O) groups excluding carboxylic acids is 1. The molecule has 104 valence electrons. The highest BCUT2D eigenvalue weighted by atomic mass is 79.9. The zero-order valence-electron chi connectivity index (χ0n) is 10.3. The first-order valence-electron chi connectivity index (χ1n) is 5.61. The monoisotopic (exact) mass is 343 g/mol. The maximum Gasteiger partial charge on any atom is 0.261 e. The first kappa shape index (κ1) is 14.6. The molecule has 1 amide bonds. The average molecular weight is 344 g/mol. The molecule has 2 aromatic rings. The molecule has 0 spiro atoms. The summed E-state index contributed by atoms with van der Waals surface area (Å²) in [6, 6.07) is 5.69. The van der Waals surface area contributed by atoms with Gasteiger partial charge >= 0.3 is 0 Å². The summed E-state index contributed by atoms with van der Waals surface area (Å²) in [6.07, 6.45) is 0. The van der Waals surface area contributed by atoms with E-state index in [1.165, 1.54) is 18.2 Å². The Labute approximate surface area is 121 Å².